The predicted octanol–water partition coefficient (Wildman–Crippen LogP) is 6.53. The minimum absolute atomic E-state index is 0.102. The number of hydrogen-bond donors (Lipinski definition) is 1. The highest BCUT2D eigenvalue weighted by Gasteiger charge is 2.14. The van der Waals surface area contributed by atoms with Gasteiger partial charge in [-0.1, -0.05) is 24.3 Å². The molecule has 5 rings (SSSR count). The minimum atomic E-state index is -0.953. The summed E-state index contributed by atoms with van der Waals surface area (Å²) in [5, 5.41) is 3.69. The maximum absolute atomic E-state index is 14.4. The molecule has 34 heavy (non-hydrogen) atoms. The molecule has 0 aliphatic carbocycles. The molecule has 168 valence electrons. The summed E-state index contributed by atoms with van der Waals surface area (Å²) in [5.74, 6) is -2.99. The highest BCUT2D eigenvalue weighted by atomic mass is 19.2. The number of hydrogen-bond acceptors (Lipinski definition) is 4. The summed E-state index contributed by atoms with van der Waals surface area (Å²) in [7, 11) is 0. The summed E-state index contributed by atoms with van der Waals surface area (Å²) in [6.45, 7) is 0.147. The Morgan fingerprint density at radius 2 is 1.62 bits per heavy atom. The molecule has 0 saturated heterocycles. The van der Waals surface area contributed by atoms with Crippen molar-refractivity contribution in [1.82, 2.24) is 15.0 Å². The number of fused-ring (bicyclic) bond motifs is 1. The van der Waals surface area contributed by atoms with Crippen LogP contribution in [0.5, 0.6) is 0 Å². The standard InChI is InChI=1S/C26H16F4N4/c27-20-8-6-15(11-22(20)29)13-32-26-19-12-16(18-4-1-5-21(28)24(18)30)7-9-23(19)33-25(34-26)17-3-2-10-31-14-17/h1-12,14H,13H2,(H,32,33,34). The number of benzene rings is 3. The highest BCUT2D eigenvalue weighted by Crippen LogP contribution is 2.31. The Kier molecular flexibility index (Phi) is 5.63. The number of nitrogens with zero attached hydrogens (tertiary/aromatic N) is 3. The Bertz CT molecular complexity index is 1510. The van der Waals surface area contributed by atoms with E-state index in [0.717, 1.165) is 18.2 Å². The molecule has 0 aliphatic heterocycles. The second-order valence-corrected chi connectivity index (χ2v) is 7.57. The number of anilines is 1. The van der Waals surface area contributed by atoms with Crippen LogP contribution in [0.2, 0.25) is 0 Å². The van der Waals surface area contributed by atoms with Crippen molar-refractivity contribution >= 4 is 16.7 Å². The molecule has 0 saturated carbocycles. The van der Waals surface area contributed by atoms with Crippen LogP contribution in [-0.2, 0) is 6.54 Å². The van der Waals surface area contributed by atoms with Gasteiger partial charge in [0, 0.05) is 35.5 Å². The minimum Gasteiger partial charge on any atom is -0.365 e. The monoisotopic (exact) mass is 460 g/mol. The average Bonchev–Trinajstić information content (AvgIpc) is 2.86. The summed E-state index contributed by atoms with van der Waals surface area (Å²) < 4.78 is 55.2. The molecular formula is C26H16F4N4. The molecule has 3 aromatic carbocycles. The number of halogens is 4. The van der Waals surface area contributed by atoms with E-state index in [1.54, 1.807) is 36.7 Å². The van der Waals surface area contributed by atoms with E-state index in [-0.39, 0.29) is 12.1 Å². The quantitative estimate of drug-likeness (QED) is 0.303. The Morgan fingerprint density at radius 1 is 0.735 bits per heavy atom. The first-order valence-corrected chi connectivity index (χ1v) is 10.3. The molecule has 5 aromatic rings. The molecule has 0 bridgehead atoms. The molecule has 0 fully saturated rings. The zero-order chi connectivity index (χ0) is 23.7. The zero-order valence-corrected chi connectivity index (χ0v) is 17.6. The SMILES string of the molecule is Fc1ccc(CNc2nc(-c3cccnc3)nc3ccc(-c4cccc(F)c4F)cc23)cc1F. The van der Waals surface area contributed by atoms with Crippen LogP contribution in [0.4, 0.5) is 23.4 Å². The molecule has 0 atom stereocenters. The molecule has 1 N–H and O–H groups in total. The van der Waals surface area contributed by atoms with Gasteiger partial charge in [0.2, 0.25) is 0 Å². The van der Waals surface area contributed by atoms with E-state index in [2.05, 4.69) is 20.3 Å². The van der Waals surface area contributed by atoms with Crippen molar-refractivity contribution < 1.29 is 17.6 Å². The van der Waals surface area contributed by atoms with Crippen LogP contribution in [0.3, 0.4) is 0 Å². The summed E-state index contributed by atoms with van der Waals surface area (Å²) in [6.07, 6.45) is 3.25. The Labute approximate surface area is 192 Å². The van der Waals surface area contributed by atoms with Gasteiger partial charge in [-0.25, -0.2) is 27.5 Å². The fourth-order valence-electron chi connectivity index (χ4n) is 3.62. The summed E-state index contributed by atoms with van der Waals surface area (Å²) in [4.78, 5) is 13.3. The van der Waals surface area contributed by atoms with E-state index in [4.69, 9.17) is 0 Å². The van der Waals surface area contributed by atoms with Crippen LogP contribution < -0.4 is 5.32 Å². The lowest BCUT2D eigenvalue weighted by Gasteiger charge is -2.13. The van der Waals surface area contributed by atoms with Crippen molar-refractivity contribution in [2.75, 3.05) is 5.32 Å². The molecule has 4 nitrogen and oxygen atoms in total. The summed E-state index contributed by atoms with van der Waals surface area (Å²) in [5.41, 5.74) is 2.28. The topological polar surface area (TPSA) is 50.7 Å². The van der Waals surface area contributed by atoms with E-state index in [1.165, 1.54) is 18.2 Å². The lowest BCUT2D eigenvalue weighted by molar-refractivity contribution is 0.507. The first kappa shape index (κ1) is 21.5. The maximum Gasteiger partial charge on any atom is 0.166 e. The molecule has 2 heterocycles. The van der Waals surface area contributed by atoms with Gasteiger partial charge in [-0.3, -0.25) is 4.98 Å². The summed E-state index contributed by atoms with van der Waals surface area (Å²) in [6, 6.07) is 16.2. The van der Waals surface area contributed by atoms with Gasteiger partial charge in [-0.05, 0) is 53.6 Å². The van der Waals surface area contributed by atoms with Gasteiger partial charge in [0.05, 0.1) is 5.52 Å². The van der Waals surface area contributed by atoms with Gasteiger partial charge in [-0.15, -0.1) is 0 Å². The largest absolute Gasteiger partial charge is 0.365 e. The molecule has 0 aliphatic rings. The van der Waals surface area contributed by atoms with Crippen LogP contribution in [0, 0.1) is 23.3 Å². The third kappa shape index (κ3) is 4.17. The van der Waals surface area contributed by atoms with Gasteiger partial charge in [-0.2, -0.15) is 0 Å². The van der Waals surface area contributed by atoms with E-state index in [1.807, 2.05) is 6.07 Å². The second kappa shape index (κ2) is 8.90. The van der Waals surface area contributed by atoms with E-state index < -0.39 is 23.3 Å². The average molecular weight is 460 g/mol. The van der Waals surface area contributed by atoms with E-state index in [9.17, 15) is 17.6 Å². The fourth-order valence-corrected chi connectivity index (χ4v) is 3.62. The molecule has 2 aromatic heterocycles. The molecule has 0 amide bonds. The molecule has 0 unspecified atom stereocenters. The van der Waals surface area contributed by atoms with Crippen LogP contribution in [0.1, 0.15) is 5.56 Å². The lowest BCUT2D eigenvalue weighted by Crippen LogP contribution is -2.05. The Morgan fingerprint density at radius 3 is 2.41 bits per heavy atom. The number of rotatable bonds is 5. The first-order valence-electron chi connectivity index (χ1n) is 10.3. The van der Waals surface area contributed by atoms with Crippen molar-refractivity contribution in [1.29, 1.82) is 0 Å². The van der Waals surface area contributed by atoms with Crippen molar-refractivity contribution in [2.45, 2.75) is 6.54 Å². The molecule has 0 radical (unpaired) electrons. The Balaban J connectivity index is 1.62. The summed E-state index contributed by atoms with van der Waals surface area (Å²) >= 11 is 0. The van der Waals surface area contributed by atoms with Crippen LogP contribution in [-0.4, -0.2) is 15.0 Å². The van der Waals surface area contributed by atoms with Gasteiger partial charge < -0.3 is 5.32 Å². The third-order valence-corrected chi connectivity index (χ3v) is 5.32. The number of aromatic nitrogens is 3. The van der Waals surface area contributed by atoms with E-state index in [0.29, 0.717) is 39.2 Å². The third-order valence-electron chi connectivity index (χ3n) is 5.32. The number of pyridine rings is 1. The zero-order valence-electron chi connectivity index (χ0n) is 17.6. The van der Waals surface area contributed by atoms with E-state index >= 15 is 0 Å². The molecule has 8 heteroatoms. The predicted molar refractivity (Wildman–Crippen MR) is 122 cm³/mol. The normalized spacial score (nSPS) is 11.1. The van der Waals surface area contributed by atoms with Crippen LogP contribution in [0.15, 0.2) is 79.1 Å². The maximum atomic E-state index is 14.4. The van der Waals surface area contributed by atoms with Crippen LogP contribution >= 0.6 is 0 Å². The van der Waals surface area contributed by atoms with Gasteiger partial charge in [0.25, 0.3) is 0 Å². The second-order valence-electron chi connectivity index (χ2n) is 7.57. The number of nitrogens with one attached hydrogen (secondary N) is 1. The Hall–Kier alpha value is -4.33. The van der Waals surface area contributed by atoms with Crippen molar-refractivity contribution in [2.24, 2.45) is 0 Å². The highest BCUT2D eigenvalue weighted by molar-refractivity contribution is 5.94. The van der Waals surface area contributed by atoms with Gasteiger partial charge in [0.15, 0.2) is 29.1 Å². The van der Waals surface area contributed by atoms with Gasteiger partial charge >= 0.3 is 0 Å². The van der Waals surface area contributed by atoms with Crippen molar-refractivity contribution in [3.8, 4) is 22.5 Å². The molecule has 0 spiro atoms. The van der Waals surface area contributed by atoms with Gasteiger partial charge in [0.1, 0.15) is 5.82 Å². The lowest BCUT2D eigenvalue weighted by atomic mass is 10.0. The van der Waals surface area contributed by atoms with Crippen molar-refractivity contribution in [3.63, 3.8) is 0 Å². The van der Waals surface area contributed by atoms with Crippen molar-refractivity contribution in [3.05, 3.63) is 108 Å². The fraction of sp³-hybridized carbons (Fsp3) is 0.0385. The molecular weight excluding hydrogens is 444 g/mol. The smallest absolute Gasteiger partial charge is 0.166 e. The van der Waals surface area contributed by atoms with Crippen LogP contribution in [0.25, 0.3) is 33.4 Å². The first-order chi connectivity index (χ1) is 16.5.